The molecule has 7 heteroatoms. The van der Waals surface area contributed by atoms with Gasteiger partial charge in [0.05, 0.1) is 0 Å². The fraction of sp³-hybridized carbons (Fsp3) is 0.455. The van der Waals surface area contributed by atoms with Crippen LogP contribution in [0.25, 0.3) is 11.1 Å². The largest absolute Gasteiger partial charge is 0.584 e. The van der Waals surface area contributed by atoms with E-state index in [-0.39, 0.29) is 33.8 Å². The van der Waals surface area contributed by atoms with E-state index in [1.807, 2.05) is 41.5 Å². The molecular weight excluding hydrogens is 397 g/mol. The molecule has 4 nitrogen and oxygen atoms in total. The van der Waals surface area contributed by atoms with E-state index in [2.05, 4.69) is 0 Å². The van der Waals surface area contributed by atoms with Gasteiger partial charge in [-0.25, -0.2) is 13.3 Å². The van der Waals surface area contributed by atoms with Crippen LogP contribution in [-0.2, 0) is 15.4 Å². The van der Waals surface area contributed by atoms with Crippen molar-refractivity contribution in [1.82, 2.24) is 0 Å². The molecule has 0 atom stereocenters. The van der Waals surface area contributed by atoms with Gasteiger partial charge in [-0.05, 0) is 47.9 Å². The molecule has 0 radical (unpaired) electrons. The maximum atomic E-state index is 15.0. The third kappa shape index (κ3) is 3.69. The Morgan fingerprint density at radius 3 is 1.38 bits per heavy atom. The second-order valence-corrected chi connectivity index (χ2v) is 10.9. The predicted molar refractivity (Wildman–Crippen MR) is 110 cm³/mol. The van der Waals surface area contributed by atoms with Crippen LogP contribution in [0.1, 0.15) is 63.8 Å². The van der Waals surface area contributed by atoms with Crippen LogP contribution < -0.4 is 9.05 Å². The SMILES string of the molecule is Cc1c(F)cc(C(C)(C)C)c2c1-c1c(C)c(F)cc(C(C)(C)C)c1OP(=O)(O)O2. The molecule has 1 N–H and O–H groups in total. The van der Waals surface area contributed by atoms with Crippen molar-refractivity contribution in [2.75, 3.05) is 0 Å². The van der Waals surface area contributed by atoms with Crippen LogP contribution in [0.4, 0.5) is 8.78 Å². The zero-order chi connectivity index (χ0) is 22.1. The van der Waals surface area contributed by atoms with E-state index in [1.165, 1.54) is 12.1 Å². The molecule has 0 fully saturated rings. The van der Waals surface area contributed by atoms with E-state index in [0.29, 0.717) is 11.1 Å². The Morgan fingerprint density at radius 2 is 1.10 bits per heavy atom. The molecule has 0 unspecified atom stereocenters. The first-order valence-electron chi connectivity index (χ1n) is 9.44. The van der Waals surface area contributed by atoms with Crippen molar-refractivity contribution in [2.24, 2.45) is 0 Å². The Morgan fingerprint density at radius 1 is 0.793 bits per heavy atom. The van der Waals surface area contributed by atoms with E-state index >= 15 is 0 Å². The Kier molecular flexibility index (Phi) is 4.92. The third-order valence-corrected chi connectivity index (χ3v) is 6.06. The lowest BCUT2D eigenvalue weighted by atomic mass is 9.79. The predicted octanol–water partition coefficient (Wildman–Crippen LogP) is 6.72. The van der Waals surface area contributed by atoms with E-state index in [9.17, 15) is 18.2 Å². The van der Waals surface area contributed by atoms with Gasteiger partial charge in [0.15, 0.2) is 0 Å². The smallest absolute Gasteiger partial charge is 0.394 e. The van der Waals surface area contributed by atoms with Crippen LogP contribution in [-0.4, -0.2) is 4.89 Å². The fourth-order valence-electron chi connectivity index (χ4n) is 3.61. The average molecular weight is 424 g/mol. The minimum Gasteiger partial charge on any atom is -0.394 e. The van der Waals surface area contributed by atoms with Crippen LogP contribution in [0.15, 0.2) is 12.1 Å². The van der Waals surface area contributed by atoms with Gasteiger partial charge in [0.25, 0.3) is 0 Å². The molecule has 1 aliphatic rings. The van der Waals surface area contributed by atoms with Crippen molar-refractivity contribution in [3.8, 4) is 22.6 Å². The molecule has 29 heavy (non-hydrogen) atoms. The van der Waals surface area contributed by atoms with E-state index in [4.69, 9.17) is 9.05 Å². The molecule has 0 bridgehead atoms. The van der Waals surface area contributed by atoms with Crippen molar-refractivity contribution in [3.63, 3.8) is 0 Å². The molecule has 0 aromatic heterocycles. The van der Waals surface area contributed by atoms with Crippen LogP contribution in [0.3, 0.4) is 0 Å². The highest BCUT2D eigenvalue weighted by atomic mass is 31.2. The normalized spacial score (nSPS) is 15.7. The number of benzene rings is 2. The standard InChI is InChI=1S/C22H27F2O4P/c1-11-15(23)9-13(21(3,4)5)19-17(11)18-12(2)16(24)10-14(22(6,7)8)20(18)28-29(25,26)27-19/h9-10H,1-8H3,(H,25,26). The van der Waals surface area contributed by atoms with E-state index in [1.54, 1.807) is 13.8 Å². The lowest BCUT2D eigenvalue weighted by molar-refractivity contribution is 0.289. The summed E-state index contributed by atoms with van der Waals surface area (Å²) in [5.74, 6) is -0.901. The molecule has 0 saturated carbocycles. The van der Waals surface area contributed by atoms with Gasteiger partial charge >= 0.3 is 7.82 Å². The fourth-order valence-corrected chi connectivity index (χ4v) is 4.48. The minimum absolute atomic E-state index is 0.0505. The van der Waals surface area contributed by atoms with Gasteiger partial charge in [-0.3, -0.25) is 4.89 Å². The number of hydrogen-bond donors (Lipinski definition) is 1. The van der Waals surface area contributed by atoms with Crippen LogP contribution in [0.5, 0.6) is 11.5 Å². The summed E-state index contributed by atoms with van der Waals surface area (Å²) in [6.07, 6.45) is 0. The monoisotopic (exact) mass is 424 g/mol. The summed E-state index contributed by atoms with van der Waals surface area (Å²) in [6.45, 7) is 14.1. The van der Waals surface area contributed by atoms with Gasteiger partial charge in [0, 0.05) is 22.3 Å². The van der Waals surface area contributed by atoms with Gasteiger partial charge in [-0.2, -0.15) is 0 Å². The summed E-state index contributed by atoms with van der Waals surface area (Å²) >= 11 is 0. The number of halogens is 2. The van der Waals surface area contributed by atoms with Crippen molar-refractivity contribution in [1.29, 1.82) is 0 Å². The molecule has 0 spiro atoms. The van der Waals surface area contributed by atoms with Gasteiger partial charge in [0.2, 0.25) is 0 Å². The summed E-state index contributed by atoms with van der Waals surface area (Å²) in [6, 6.07) is 2.61. The zero-order valence-electron chi connectivity index (χ0n) is 18.0. The molecule has 0 amide bonds. The highest BCUT2D eigenvalue weighted by molar-refractivity contribution is 7.48. The maximum absolute atomic E-state index is 15.0. The number of rotatable bonds is 0. The van der Waals surface area contributed by atoms with Crippen molar-refractivity contribution < 1.29 is 27.3 Å². The second kappa shape index (κ2) is 6.55. The summed E-state index contributed by atoms with van der Waals surface area (Å²) in [4.78, 5) is 10.5. The summed E-state index contributed by atoms with van der Waals surface area (Å²) in [5.41, 5.74) is 0.513. The molecular formula is C22H27F2O4P. The first-order chi connectivity index (χ1) is 13.0. The van der Waals surface area contributed by atoms with Gasteiger partial charge < -0.3 is 9.05 Å². The number of phosphoric acid groups is 1. The molecule has 2 aromatic carbocycles. The second-order valence-electron chi connectivity index (χ2n) is 9.62. The molecule has 3 rings (SSSR count). The van der Waals surface area contributed by atoms with Crippen LogP contribution in [0.2, 0.25) is 0 Å². The number of hydrogen-bond acceptors (Lipinski definition) is 3. The number of phosphoric ester groups is 1. The quantitative estimate of drug-likeness (QED) is 0.477. The summed E-state index contributed by atoms with van der Waals surface area (Å²) in [7, 11) is -4.60. The lowest BCUT2D eigenvalue weighted by Gasteiger charge is -2.26. The lowest BCUT2D eigenvalue weighted by Crippen LogP contribution is -2.15. The molecule has 1 aliphatic heterocycles. The highest BCUT2D eigenvalue weighted by Gasteiger charge is 2.40. The maximum Gasteiger partial charge on any atom is 0.584 e. The van der Waals surface area contributed by atoms with Crippen LogP contribution >= 0.6 is 7.82 Å². The average Bonchev–Trinajstić information content (AvgIpc) is 2.65. The van der Waals surface area contributed by atoms with Crippen LogP contribution in [0, 0.1) is 25.5 Å². The Hall–Kier alpha value is -1.91. The first kappa shape index (κ1) is 21.8. The molecule has 0 saturated heterocycles. The van der Waals surface area contributed by atoms with E-state index < -0.39 is 30.3 Å². The summed E-state index contributed by atoms with van der Waals surface area (Å²) < 4.78 is 53.7. The van der Waals surface area contributed by atoms with E-state index in [0.717, 1.165) is 0 Å². The summed E-state index contributed by atoms with van der Waals surface area (Å²) in [5, 5.41) is 0. The van der Waals surface area contributed by atoms with Gasteiger partial charge in [0.1, 0.15) is 23.1 Å². The van der Waals surface area contributed by atoms with Gasteiger partial charge in [-0.15, -0.1) is 0 Å². The molecule has 1 heterocycles. The topological polar surface area (TPSA) is 55.8 Å². The first-order valence-corrected chi connectivity index (χ1v) is 10.9. The van der Waals surface area contributed by atoms with Crippen molar-refractivity contribution >= 4 is 7.82 Å². The Bertz CT molecular complexity index is 981. The third-order valence-electron chi connectivity index (χ3n) is 5.23. The Labute approximate surface area is 170 Å². The molecule has 2 aromatic rings. The minimum atomic E-state index is -4.60. The molecule has 158 valence electrons. The number of fused-ring (bicyclic) bond motifs is 3. The molecule has 0 aliphatic carbocycles. The zero-order valence-corrected chi connectivity index (χ0v) is 18.9. The highest BCUT2D eigenvalue weighted by Crippen LogP contribution is 2.59. The van der Waals surface area contributed by atoms with Crippen molar-refractivity contribution in [3.05, 3.63) is 46.0 Å². The van der Waals surface area contributed by atoms with Gasteiger partial charge in [-0.1, -0.05) is 41.5 Å². The van der Waals surface area contributed by atoms with Crippen molar-refractivity contribution in [2.45, 2.75) is 66.2 Å². The Balaban J connectivity index is 2.62.